The molecule has 0 radical (unpaired) electrons. The van der Waals surface area contributed by atoms with Crippen LogP contribution >= 0.6 is 0 Å². The summed E-state index contributed by atoms with van der Waals surface area (Å²) in [4.78, 5) is 16.8. The highest BCUT2D eigenvalue weighted by molar-refractivity contribution is 6.03. The molecule has 1 N–H and O–H groups in total. The SMILES string of the molecule is Cc1cc(C)c2c(c1)NC(=O)[C@@H]2Cc1nc(-c2ccc(C)nn2)no1. The molecule has 1 atom stereocenters. The van der Waals surface area contributed by atoms with Crippen molar-refractivity contribution in [2.24, 2.45) is 0 Å². The highest BCUT2D eigenvalue weighted by Crippen LogP contribution is 2.37. The Kier molecular flexibility index (Phi) is 3.56. The fourth-order valence-corrected chi connectivity index (χ4v) is 3.23. The zero-order valence-electron chi connectivity index (χ0n) is 14.2. The molecule has 25 heavy (non-hydrogen) atoms. The maximum atomic E-state index is 12.4. The first-order valence-corrected chi connectivity index (χ1v) is 8.06. The van der Waals surface area contributed by atoms with E-state index in [0.717, 1.165) is 28.1 Å². The minimum absolute atomic E-state index is 0.0430. The zero-order valence-corrected chi connectivity index (χ0v) is 14.2. The van der Waals surface area contributed by atoms with Gasteiger partial charge in [-0.2, -0.15) is 10.1 Å². The van der Waals surface area contributed by atoms with E-state index < -0.39 is 0 Å². The Morgan fingerprint density at radius 2 is 2.00 bits per heavy atom. The monoisotopic (exact) mass is 335 g/mol. The average molecular weight is 335 g/mol. The first-order chi connectivity index (χ1) is 12.0. The summed E-state index contributed by atoms with van der Waals surface area (Å²) < 4.78 is 5.33. The van der Waals surface area contributed by atoms with Crippen LogP contribution in [0, 0.1) is 20.8 Å². The molecule has 0 fully saturated rings. The van der Waals surface area contributed by atoms with Crippen LogP contribution in [-0.4, -0.2) is 26.2 Å². The third-order valence-electron chi connectivity index (χ3n) is 4.33. The number of rotatable bonds is 3. The molecule has 0 saturated carbocycles. The molecule has 0 aliphatic carbocycles. The first-order valence-electron chi connectivity index (χ1n) is 8.06. The van der Waals surface area contributed by atoms with E-state index in [0.29, 0.717) is 23.8 Å². The molecule has 1 aliphatic rings. The summed E-state index contributed by atoms with van der Waals surface area (Å²) in [5, 5.41) is 14.9. The molecule has 126 valence electrons. The van der Waals surface area contributed by atoms with Gasteiger partial charge >= 0.3 is 0 Å². The predicted octanol–water partition coefficient (Wildman–Crippen LogP) is 2.73. The Hall–Kier alpha value is -3.09. The molecule has 0 bridgehead atoms. The van der Waals surface area contributed by atoms with E-state index in [-0.39, 0.29) is 11.8 Å². The van der Waals surface area contributed by atoms with E-state index in [4.69, 9.17) is 4.52 Å². The predicted molar refractivity (Wildman–Crippen MR) is 91.1 cm³/mol. The Morgan fingerprint density at radius 1 is 1.16 bits per heavy atom. The van der Waals surface area contributed by atoms with Crippen molar-refractivity contribution in [3.63, 3.8) is 0 Å². The number of aryl methyl sites for hydroxylation is 3. The molecule has 3 aromatic rings. The highest BCUT2D eigenvalue weighted by Gasteiger charge is 2.33. The number of hydrogen-bond donors (Lipinski definition) is 1. The van der Waals surface area contributed by atoms with Crippen molar-refractivity contribution in [2.75, 3.05) is 5.32 Å². The van der Waals surface area contributed by atoms with Gasteiger partial charge in [0.1, 0.15) is 5.69 Å². The van der Waals surface area contributed by atoms with Crippen LogP contribution in [0.1, 0.15) is 34.2 Å². The van der Waals surface area contributed by atoms with Crippen LogP contribution in [0.25, 0.3) is 11.5 Å². The number of carbonyl (C=O) groups is 1. The largest absolute Gasteiger partial charge is 0.339 e. The van der Waals surface area contributed by atoms with Gasteiger partial charge in [-0.25, -0.2) is 0 Å². The number of aromatic nitrogens is 4. The first kappa shape index (κ1) is 15.4. The van der Waals surface area contributed by atoms with Crippen LogP contribution < -0.4 is 5.32 Å². The van der Waals surface area contributed by atoms with Crippen molar-refractivity contribution in [3.05, 3.63) is 52.5 Å². The van der Waals surface area contributed by atoms with Gasteiger partial charge in [-0.05, 0) is 55.7 Å². The Bertz CT molecular complexity index is 962. The average Bonchev–Trinajstić information content (AvgIpc) is 3.14. The minimum atomic E-state index is -0.326. The van der Waals surface area contributed by atoms with Gasteiger partial charge in [0, 0.05) is 12.1 Å². The van der Waals surface area contributed by atoms with Crippen LogP contribution in [-0.2, 0) is 11.2 Å². The maximum absolute atomic E-state index is 12.4. The van der Waals surface area contributed by atoms with Crippen molar-refractivity contribution < 1.29 is 9.32 Å². The fraction of sp³-hybridized carbons (Fsp3) is 0.278. The Balaban J connectivity index is 1.62. The minimum Gasteiger partial charge on any atom is -0.339 e. The summed E-state index contributed by atoms with van der Waals surface area (Å²) in [5.41, 5.74) is 5.45. The van der Waals surface area contributed by atoms with Crippen molar-refractivity contribution in [2.45, 2.75) is 33.1 Å². The molecule has 1 aromatic carbocycles. The summed E-state index contributed by atoms with van der Waals surface area (Å²) in [6.07, 6.45) is 0.356. The summed E-state index contributed by atoms with van der Waals surface area (Å²) >= 11 is 0. The molecule has 3 heterocycles. The van der Waals surface area contributed by atoms with E-state index in [1.54, 1.807) is 6.07 Å². The standard InChI is InChI=1S/C18H17N5O2/c1-9-6-10(2)16-12(18(24)19-14(16)7-9)8-15-20-17(23-25-15)13-5-4-11(3)21-22-13/h4-7,12H,8H2,1-3H3,(H,19,24)/t12-/m1/s1. The lowest BCUT2D eigenvalue weighted by Crippen LogP contribution is -2.14. The van der Waals surface area contributed by atoms with Gasteiger partial charge in [0.25, 0.3) is 0 Å². The Labute approximate surface area is 144 Å². The summed E-state index contributed by atoms with van der Waals surface area (Å²) in [6.45, 7) is 5.89. The number of anilines is 1. The number of amides is 1. The molecule has 7 heteroatoms. The lowest BCUT2D eigenvalue weighted by atomic mass is 9.92. The molecule has 2 aromatic heterocycles. The summed E-state index contributed by atoms with van der Waals surface area (Å²) in [7, 11) is 0. The number of carbonyl (C=O) groups excluding carboxylic acids is 1. The summed E-state index contributed by atoms with van der Waals surface area (Å²) in [5.74, 6) is 0.415. The van der Waals surface area contributed by atoms with Gasteiger partial charge in [0.2, 0.25) is 17.6 Å². The van der Waals surface area contributed by atoms with E-state index in [2.05, 4.69) is 31.7 Å². The van der Waals surface area contributed by atoms with E-state index in [1.165, 1.54) is 0 Å². The van der Waals surface area contributed by atoms with Crippen molar-refractivity contribution in [3.8, 4) is 11.5 Å². The van der Waals surface area contributed by atoms with Crippen LogP contribution in [0.4, 0.5) is 5.69 Å². The second-order valence-electron chi connectivity index (χ2n) is 6.36. The van der Waals surface area contributed by atoms with Gasteiger partial charge in [0.15, 0.2) is 0 Å². The van der Waals surface area contributed by atoms with Gasteiger partial charge in [-0.15, -0.1) is 5.10 Å². The second kappa shape index (κ2) is 5.77. The van der Waals surface area contributed by atoms with E-state index in [9.17, 15) is 4.79 Å². The number of benzene rings is 1. The molecule has 0 spiro atoms. The van der Waals surface area contributed by atoms with Crippen LogP contribution in [0.5, 0.6) is 0 Å². The van der Waals surface area contributed by atoms with Crippen LogP contribution in [0.2, 0.25) is 0 Å². The molecule has 4 rings (SSSR count). The van der Waals surface area contributed by atoms with E-state index >= 15 is 0 Å². The molecule has 1 amide bonds. The molecular formula is C18H17N5O2. The molecule has 7 nitrogen and oxygen atoms in total. The summed E-state index contributed by atoms with van der Waals surface area (Å²) in [6, 6.07) is 7.70. The third-order valence-corrected chi connectivity index (χ3v) is 4.33. The number of hydrogen-bond acceptors (Lipinski definition) is 6. The second-order valence-corrected chi connectivity index (χ2v) is 6.36. The van der Waals surface area contributed by atoms with Crippen molar-refractivity contribution in [1.82, 2.24) is 20.3 Å². The number of nitrogens with one attached hydrogen (secondary N) is 1. The van der Waals surface area contributed by atoms with Crippen molar-refractivity contribution >= 4 is 11.6 Å². The third kappa shape index (κ3) is 2.77. The smallest absolute Gasteiger partial charge is 0.232 e. The topological polar surface area (TPSA) is 93.8 Å². The highest BCUT2D eigenvalue weighted by atomic mass is 16.5. The maximum Gasteiger partial charge on any atom is 0.232 e. The number of nitrogens with zero attached hydrogens (tertiary/aromatic N) is 4. The van der Waals surface area contributed by atoms with E-state index in [1.807, 2.05) is 32.9 Å². The normalized spacial score (nSPS) is 16.0. The van der Waals surface area contributed by atoms with Gasteiger partial charge in [-0.1, -0.05) is 11.2 Å². The quantitative estimate of drug-likeness (QED) is 0.791. The van der Waals surface area contributed by atoms with Crippen LogP contribution in [0.15, 0.2) is 28.8 Å². The van der Waals surface area contributed by atoms with Crippen molar-refractivity contribution in [1.29, 1.82) is 0 Å². The molecular weight excluding hydrogens is 318 g/mol. The molecule has 0 saturated heterocycles. The lowest BCUT2D eigenvalue weighted by molar-refractivity contribution is -0.117. The molecule has 0 unspecified atom stereocenters. The van der Waals surface area contributed by atoms with Gasteiger partial charge in [0.05, 0.1) is 11.6 Å². The van der Waals surface area contributed by atoms with Gasteiger partial charge < -0.3 is 9.84 Å². The Morgan fingerprint density at radius 3 is 2.76 bits per heavy atom. The zero-order chi connectivity index (χ0) is 17.6. The molecule has 1 aliphatic heterocycles. The van der Waals surface area contributed by atoms with Crippen LogP contribution in [0.3, 0.4) is 0 Å². The van der Waals surface area contributed by atoms with Gasteiger partial charge in [-0.3, -0.25) is 4.79 Å². The number of fused-ring (bicyclic) bond motifs is 1. The fourth-order valence-electron chi connectivity index (χ4n) is 3.23. The lowest BCUT2D eigenvalue weighted by Gasteiger charge is -2.09.